The van der Waals surface area contributed by atoms with Gasteiger partial charge in [-0.2, -0.15) is 9.49 Å². The molecule has 0 aliphatic rings. The lowest BCUT2D eigenvalue weighted by Gasteiger charge is -2.05. The van der Waals surface area contributed by atoms with Crippen molar-refractivity contribution in [1.29, 1.82) is 0 Å². The van der Waals surface area contributed by atoms with Gasteiger partial charge in [-0.3, -0.25) is 20.1 Å². The lowest BCUT2D eigenvalue weighted by atomic mass is 10.1. The Labute approximate surface area is 197 Å². The summed E-state index contributed by atoms with van der Waals surface area (Å²) >= 11 is 1.05. The number of halogens is 1. The first-order chi connectivity index (χ1) is 16.7. The lowest BCUT2D eigenvalue weighted by Crippen LogP contribution is -2.11. The maximum atomic E-state index is 13.6. The Morgan fingerprint density at radius 1 is 1.03 bits per heavy atom. The standard InChI is InChI=1S/C24H19FN8S/c1-2-26-9-13-7-14(11-27-10-13)17-8-15-18(12-29-17)32-33-21(15)24-30-16-5-6-28-23(22(16)31-24)19-3-4-20(25)34-19/h3-8,10-12,26H,2,9H2,1H3,(H,30,31)(H,32,33). The van der Waals surface area contributed by atoms with Crippen molar-refractivity contribution in [2.24, 2.45) is 0 Å². The van der Waals surface area contributed by atoms with Gasteiger partial charge in [0.25, 0.3) is 0 Å². The van der Waals surface area contributed by atoms with E-state index in [1.54, 1.807) is 18.5 Å². The molecule has 0 aromatic carbocycles. The first kappa shape index (κ1) is 20.6. The molecule has 0 saturated heterocycles. The summed E-state index contributed by atoms with van der Waals surface area (Å²) in [4.78, 5) is 22.3. The Morgan fingerprint density at radius 2 is 1.97 bits per heavy atom. The van der Waals surface area contributed by atoms with Crippen LogP contribution >= 0.6 is 11.3 Å². The van der Waals surface area contributed by atoms with E-state index in [1.165, 1.54) is 6.07 Å². The van der Waals surface area contributed by atoms with Crippen molar-refractivity contribution < 1.29 is 4.39 Å². The molecule has 6 aromatic heterocycles. The van der Waals surface area contributed by atoms with Crippen molar-refractivity contribution in [2.45, 2.75) is 13.5 Å². The maximum Gasteiger partial charge on any atom is 0.177 e. The number of thiophene rings is 1. The average Bonchev–Trinajstić information content (AvgIpc) is 3.59. The van der Waals surface area contributed by atoms with Gasteiger partial charge < -0.3 is 10.3 Å². The van der Waals surface area contributed by atoms with E-state index >= 15 is 0 Å². The van der Waals surface area contributed by atoms with Crippen LogP contribution in [0.2, 0.25) is 0 Å². The SMILES string of the molecule is CCNCc1cncc(-c2cc3c(-c4nc5c(-c6ccc(F)s6)nccc5[nH]4)n[nH]c3cn2)c1. The number of H-pyrrole nitrogens is 2. The third-order valence-electron chi connectivity index (χ3n) is 5.55. The number of aromatic amines is 2. The highest BCUT2D eigenvalue weighted by Gasteiger charge is 2.17. The van der Waals surface area contributed by atoms with Gasteiger partial charge in [0.1, 0.15) is 16.9 Å². The summed E-state index contributed by atoms with van der Waals surface area (Å²) in [6.45, 7) is 3.71. The Balaban J connectivity index is 1.44. The van der Waals surface area contributed by atoms with Crippen molar-refractivity contribution in [3.63, 3.8) is 0 Å². The monoisotopic (exact) mass is 470 g/mol. The van der Waals surface area contributed by atoms with E-state index in [2.05, 4.69) is 48.4 Å². The summed E-state index contributed by atoms with van der Waals surface area (Å²) in [6, 6.07) is 9.08. The first-order valence-electron chi connectivity index (χ1n) is 10.8. The molecule has 0 saturated carbocycles. The van der Waals surface area contributed by atoms with E-state index in [9.17, 15) is 4.39 Å². The average molecular weight is 471 g/mol. The van der Waals surface area contributed by atoms with Crippen molar-refractivity contribution >= 4 is 33.3 Å². The quantitative estimate of drug-likeness (QED) is 0.318. The van der Waals surface area contributed by atoms with Crippen LogP contribution in [0, 0.1) is 5.13 Å². The molecule has 0 unspecified atom stereocenters. The van der Waals surface area contributed by atoms with Crippen LogP contribution in [-0.4, -0.2) is 41.7 Å². The van der Waals surface area contributed by atoms with Crippen LogP contribution in [-0.2, 0) is 6.54 Å². The molecular formula is C24H19FN8S. The zero-order chi connectivity index (χ0) is 23.1. The third-order valence-corrected chi connectivity index (χ3v) is 6.43. The summed E-state index contributed by atoms with van der Waals surface area (Å²) in [5.74, 6) is 0.601. The second-order valence-electron chi connectivity index (χ2n) is 7.79. The molecule has 10 heteroatoms. The molecule has 34 heavy (non-hydrogen) atoms. The number of pyridine rings is 3. The molecule has 8 nitrogen and oxygen atoms in total. The van der Waals surface area contributed by atoms with Crippen LogP contribution in [0.1, 0.15) is 12.5 Å². The zero-order valence-electron chi connectivity index (χ0n) is 18.1. The van der Waals surface area contributed by atoms with Crippen molar-refractivity contribution in [3.8, 4) is 33.3 Å². The van der Waals surface area contributed by atoms with Gasteiger partial charge in [0.15, 0.2) is 11.0 Å². The van der Waals surface area contributed by atoms with Gasteiger partial charge in [-0.15, -0.1) is 11.3 Å². The minimum Gasteiger partial charge on any atom is -0.336 e. The maximum absolute atomic E-state index is 13.6. The Morgan fingerprint density at radius 3 is 2.82 bits per heavy atom. The number of hydrogen-bond acceptors (Lipinski definition) is 7. The molecule has 168 valence electrons. The minimum atomic E-state index is -0.257. The smallest absolute Gasteiger partial charge is 0.177 e. The zero-order valence-corrected chi connectivity index (χ0v) is 18.9. The number of hydrogen-bond donors (Lipinski definition) is 3. The number of aromatic nitrogens is 7. The number of nitrogens with one attached hydrogen (secondary N) is 3. The van der Waals surface area contributed by atoms with Crippen molar-refractivity contribution in [3.05, 3.63) is 65.8 Å². The predicted octanol–water partition coefficient (Wildman–Crippen LogP) is 4.94. The fourth-order valence-electron chi connectivity index (χ4n) is 3.92. The fraction of sp³-hybridized carbons (Fsp3) is 0.125. The van der Waals surface area contributed by atoms with E-state index in [4.69, 9.17) is 4.98 Å². The van der Waals surface area contributed by atoms with E-state index in [1.807, 2.05) is 24.5 Å². The molecule has 6 aromatic rings. The molecule has 0 bridgehead atoms. The summed E-state index contributed by atoms with van der Waals surface area (Å²) in [5, 5.41) is 11.5. The van der Waals surface area contributed by atoms with Gasteiger partial charge in [0, 0.05) is 36.1 Å². The molecule has 0 atom stereocenters. The third kappa shape index (κ3) is 3.62. The number of nitrogens with zero attached hydrogens (tertiary/aromatic N) is 5. The molecule has 3 N–H and O–H groups in total. The highest BCUT2D eigenvalue weighted by atomic mass is 32.1. The molecule has 0 radical (unpaired) electrons. The molecular weight excluding hydrogens is 451 g/mol. The van der Waals surface area contributed by atoms with E-state index in [0.717, 1.165) is 62.5 Å². The number of fused-ring (bicyclic) bond motifs is 2. The van der Waals surface area contributed by atoms with E-state index < -0.39 is 0 Å². The van der Waals surface area contributed by atoms with Crippen LogP contribution in [0.25, 0.3) is 55.3 Å². The first-order valence-corrected chi connectivity index (χ1v) is 11.6. The highest BCUT2D eigenvalue weighted by molar-refractivity contribution is 7.13. The molecule has 0 aliphatic heterocycles. The molecule has 0 fully saturated rings. The van der Waals surface area contributed by atoms with Gasteiger partial charge in [-0.05, 0) is 42.4 Å². The molecule has 0 spiro atoms. The van der Waals surface area contributed by atoms with E-state index in [-0.39, 0.29) is 5.13 Å². The highest BCUT2D eigenvalue weighted by Crippen LogP contribution is 2.33. The van der Waals surface area contributed by atoms with Gasteiger partial charge in [0.2, 0.25) is 0 Å². The largest absolute Gasteiger partial charge is 0.336 e. The molecule has 0 aliphatic carbocycles. The summed E-state index contributed by atoms with van der Waals surface area (Å²) in [5.41, 5.74) is 6.42. The Hall–Kier alpha value is -4.02. The normalized spacial score (nSPS) is 11.6. The van der Waals surface area contributed by atoms with Gasteiger partial charge >= 0.3 is 0 Å². The van der Waals surface area contributed by atoms with Crippen LogP contribution in [0.3, 0.4) is 0 Å². The summed E-state index contributed by atoms with van der Waals surface area (Å²) in [6.07, 6.45) is 7.12. The van der Waals surface area contributed by atoms with Gasteiger partial charge in [0.05, 0.1) is 27.8 Å². The summed E-state index contributed by atoms with van der Waals surface area (Å²) < 4.78 is 13.6. The van der Waals surface area contributed by atoms with Gasteiger partial charge in [-0.25, -0.2) is 4.98 Å². The molecule has 6 rings (SSSR count). The second kappa shape index (κ2) is 8.40. The van der Waals surface area contributed by atoms with Crippen molar-refractivity contribution in [1.82, 2.24) is 40.4 Å². The lowest BCUT2D eigenvalue weighted by molar-refractivity contribution is 0.657. The second-order valence-corrected chi connectivity index (χ2v) is 8.83. The van der Waals surface area contributed by atoms with Gasteiger partial charge in [-0.1, -0.05) is 6.92 Å². The molecule has 0 amide bonds. The topological polar surface area (TPSA) is 108 Å². The van der Waals surface area contributed by atoms with Crippen molar-refractivity contribution in [2.75, 3.05) is 6.54 Å². The van der Waals surface area contributed by atoms with Crippen LogP contribution in [0.4, 0.5) is 4.39 Å². The van der Waals surface area contributed by atoms with Crippen LogP contribution in [0.5, 0.6) is 0 Å². The minimum absolute atomic E-state index is 0.257. The fourth-order valence-corrected chi connectivity index (χ4v) is 4.65. The Bertz CT molecular complexity index is 1630. The molecule has 6 heterocycles. The van der Waals surface area contributed by atoms with Crippen LogP contribution in [0.15, 0.2) is 55.1 Å². The predicted molar refractivity (Wildman–Crippen MR) is 131 cm³/mol. The number of rotatable bonds is 6. The van der Waals surface area contributed by atoms with E-state index in [0.29, 0.717) is 22.7 Å². The number of imidazole rings is 1. The van der Waals surface area contributed by atoms with Crippen LogP contribution < -0.4 is 5.32 Å². The summed E-state index contributed by atoms with van der Waals surface area (Å²) in [7, 11) is 0. The Kier molecular flexibility index (Phi) is 5.08.